The van der Waals surface area contributed by atoms with Crippen LogP contribution >= 0.6 is 11.6 Å². The van der Waals surface area contributed by atoms with E-state index in [1.165, 1.54) is 0 Å². The molecule has 0 aliphatic rings. The van der Waals surface area contributed by atoms with Gasteiger partial charge in [0.15, 0.2) is 12.7 Å². The molecule has 0 aliphatic heterocycles. The standard InChI is InChI=1S/C17H20ClF3N2O4/c1-11(23-16(25)10-26-12(2)17(19,20)21)7-8-22-15(24)9-27-14-5-3-13(18)4-6-14/h3-6,12H,1,7-10H2,2H3,(H,22,24)(H,23,25). The molecule has 1 rings (SSSR count). The second-order valence-corrected chi connectivity index (χ2v) is 5.93. The largest absolute Gasteiger partial charge is 0.484 e. The highest BCUT2D eigenvalue weighted by Crippen LogP contribution is 2.22. The number of carbonyl (C=O) groups excluding carboxylic acids is 2. The fourth-order valence-electron chi connectivity index (χ4n) is 1.67. The molecule has 0 saturated carbocycles. The van der Waals surface area contributed by atoms with Crippen molar-refractivity contribution in [3.05, 3.63) is 41.6 Å². The van der Waals surface area contributed by atoms with E-state index in [1.807, 2.05) is 0 Å². The Bertz CT molecular complexity index is 651. The molecule has 0 heterocycles. The third-order valence-electron chi connectivity index (χ3n) is 3.17. The molecule has 2 amide bonds. The van der Waals surface area contributed by atoms with Crippen molar-refractivity contribution in [2.45, 2.75) is 25.6 Å². The maximum Gasteiger partial charge on any atom is 0.414 e. The summed E-state index contributed by atoms with van der Waals surface area (Å²) in [6, 6.07) is 6.49. The van der Waals surface area contributed by atoms with Gasteiger partial charge in [0.25, 0.3) is 5.91 Å². The first-order chi connectivity index (χ1) is 12.6. The van der Waals surface area contributed by atoms with E-state index in [2.05, 4.69) is 21.9 Å². The van der Waals surface area contributed by atoms with Crippen LogP contribution in [0.15, 0.2) is 36.5 Å². The van der Waals surface area contributed by atoms with Crippen molar-refractivity contribution in [3.8, 4) is 5.75 Å². The molecule has 150 valence electrons. The molecule has 0 radical (unpaired) electrons. The van der Waals surface area contributed by atoms with Crippen LogP contribution in [0.25, 0.3) is 0 Å². The topological polar surface area (TPSA) is 76.7 Å². The molecule has 0 aliphatic carbocycles. The number of halogens is 4. The SMILES string of the molecule is C=C(CCNC(=O)COc1ccc(Cl)cc1)NC(=O)COC(C)C(F)(F)F. The van der Waals surface area contributed by atoms with Gasteiger partial charge in [-0.1, -0.05) is 18.2 Å². The highest BCUT2D eigenvalue weighted by atomic mass is 35.5. The summed E-state index contributed by atoms with van der Waals surface area (Å²) in [5, 5.41) is 5.41. The number of ether oxygens (including phenoxy) is 2. The van der Waals surface area contributed by atoms with Gasteiger partial charge in [-0.25, -0.2) is 0 Å². The first-order valence-corrected chi connectivity index (χ1v) is 8.26. The van der Waals surface area contributed by atoms with Gasteiger partial charge in [-0.2, -0.15) is 13.2 Å². The van der Waals surface area contributed by atoms with Gasteiger partial charge < -0.3 is 20.1 Å². The molecule has 0 spiro atoms. The molecule has 1 atom stereocenters. The number of amides is 2. The lowest BCUT2D eigenvalue weighted by molar-refractivity contribution is -0.213. The van der Waals surface area contributed by atoms with Gasteiger partial charge >= 0.3 is 6.18 Å². The predicted molar refractivity (Wildman–Crippen MR) is 93.3 cm³/mol. The maximum absolute atomic E-state index is 12.3. The summed E-state index contributed by atoms with van der Waals surface area (Å²) < 4.78 is 46.5. The van der Waals surface area contributed by atoms with E-state index < -0.39 is 24.8 Å². The number of rotatable bonds is 10. The Hall–Kier alpha value is -2.26. The van der Waals surface area contributed by atoms with Crippen molar-refractivity contribution < 1.29 is 32.2 Å². The van der Waals surface area contributed by atoms with Crippen LogP contribution in [-0.2, 0) is 14.3 Å². The molecule has 1 unspecified atom stereocenters. The van der Waals surface area contributed by atoms with Crippen LogP contribution in [0.1, 0.15) is 13.3 Å². The van der Waals surface area contributed by atoms with Gasteiger partial charge in [-0.3, -0.25) is 9.59 Å². The monoisotopic (exact) mass is 408 g/mol. The third-order valence-corrected chi connectivity index (χ3v) is 3.43. The van der Waals surface area contributed by atoms with Crippen LogP contribution in [-0.4, -0.2) is 43.9 Å². The van der Waals surface area contributed by atoms with Crippen LogP contribution in [0, 0.1) is 0 Å². The molecule has 6 nitrogen and oxygen atoms in total. The van der Waals surface area contributed by atoms with E-state index in [4.69, 9.17) is 16.3 Å². The number of carbonyl (C=O) groups is 2. The fourth-order valence-corrected chi connectivity index (χ4v) is 1.80. The lowest BCUT2D eigenvalue weighted by Crippen LogP contribution is -2.35. The van der Waals surface area contributed by atoms with E-state index in [1.54, 1.807) is 24.3 Å². The summed E-state index contributed by atoms with van der Waals surface area (Å²) in [6.07, 6.45) is -6.38. The summed E-state index contributed by atoms with van der Waals surface area (Å²) in [6.45, 7) is 3.59. The van der Waals surface area contributed by atoms with Gasteiger partial charge in [0, 0.05) is 23.7 Å². The Morgan fingerprint density at radius 2 is 1.81 bits per heavy atom. The highest BCUT2D eigenvalue weighted by molar-refractivity contribution is 6.30. The van der Waals surface area contributed by atoms with Crippen molar-refractivity contribution in [2.75, 3.05) is 19.8 Å². The number of benzene rings is 1. The first-order valence-electron chi connectivity index (χ1n) is 7.89. The van der Waals surface area contributed by atoms with Crippen molar-refractivity contribution in [1.82, 2.24) is 10.6 Å². The molecule has 1 aromatic rings. The van der Waals surface area contributed by atoms with E-state index in [-0.39, 0.29) is 31.2 Å². The minimum absolute atomic E-state index is 0.168. The quantitative estimate of drug-likeness (QED) is 0.624. The zero-order valence-electron chi connectivity index (χ0n) is 14.6. The van der Waals surface area contributed by atoms with E-state index in [0.717, 1.165) is 6.92 Å². The summed E-state index contributed by atoms with van der Waals surface area (Å²) in [5.41, 5.74) is 0.238. The zero-order chi connectivity index (χ0) is 20.4. The lowest BCUT2D eigenvalue weighted by atomic mass is 10.3. The molecular weight excluding hydrogens is 389 g/mol. The molecule has 0 fully saturated rings. The van der Waals surface area contributed by atoms with Gasteiger partial charge in [0.1, 0.15) is 12.4 Å². The van der Waals surface area contributed by atoms with Crippen molar-refractivity contribution in [1.29, 1.82) is 0 Å². The Balaban J connectivity index is 2.17. The third kappa shape index (κ3) is 9.86. The normalized spacial score (nSPS) is 12.2. The molecule has 10 heteroatoms. The highest BCUT2D eigenvalue weighted by Gasteiger charge is 2.37. The van der Waals surface area contributed by atoms with Gasteiger partial charge in [0.2, 0.25) is 5.91 Å². The van der Waals surface area contributed by atoms with Crippen LogP contribution in [0.2, 0.25) is 5.02 Å². The Morgan fingerprint density at radius 3 is 2.41 bits per heavy atom. The number of alkyl halides is 3. The van der Waals surface area contributed by atoms with Crippen LogP contribution in [0.5, 0.6) is 5.75 Å². The molecule has 27 heavy (non-hydrogen) atoms. The summed E-state index contributed by atoms with van der Waals surface area (Å²) in [4.78, 5) is 23.1. The average molecular weight is 409 g/mol. The number of nitrogens with one attached hydrogen (secondary N) is 2. The summed E-state index contributed by atoms with van der Waals surface area (Å²) in [5.74, 6) is -0.654. The summed E-state index contributed by atoms with van der Waals surface area (Å²) >= 11 is 5.73. The van der Waals surface area contributed by atoms with Crippen molar-refractivity contribution in [2.24, 2.45) is 0 Å². The van der Waals surface area contributed by atoms with E-state index in [9.17, 15) is 22.8 Å². The maximum atomic E-state index is 12.3. The van der Waals surface area contributed by atoms with Gasteiger partial charge in [-0.15, -0.1) is 0 Å². The smallest absolute Gasteiger partial charge is 0.414 e. The van der Waals surface area contributed by atoms with Crippen LogP contribution in [0.3, 0.4) is 0 Å². The minimum atomic E-state index is -4.53. The zero-order valence-corrected chi connectivity index (χ0v) is 15.3. The van der Waals surface area contributed by atoms with E-state index >= 15 is 0 Å². The summed E-state index contributed by atoms with van der Waals surface area (Å²) in [7, 11) is 0. The van der Waals surface area contributed by atoms with Crippen molar-refractivity contribution >= 4 is 23.4 Å². The molecule has 0 aromatic heterocycles. The number of hydrogen-bond acceptors (Lipinski definition) is 4. The van der Waals surface area contributed by atoms with E-state index in [0.29, 0.717) is 10.8 Å². The molecule has 2 N–H and O–H groups in total. The van der Waals surface area contributed by atoms with Crippen LogP contribution in [0.4, 0.5) is 13.2 Å². The molecule has 0 bridgehead atoms. The Labute approximate surface area is 159 Å². The minimum Gasteiger partial charge on any atom is -0.484 e. The van der Waals surface area contributed by atoms with Crippen molar-refractivity contribution in [3.63, 3.8) is 0 Å². The Kier molecular flexibility index (Phi) is 9.10. The van der Waals surface area contributed by atoms with Crippen LogP contribution < -0.4 is 15.4 Å². The first kappa shape index (κ1) is 22.8. The lowest BCUT2D eigenvalue weighted by Gasteiger charge is -2.16. The van der Waals surface area contributed by atoms with Gasteiger partial charge in [0.05, 0.1) is 0 Å². The molecule has 1 aromatic carbocycles. The average Bonchev–Trinajstić information content (AvgIpc) is 2.58. The molecule has 0 saturated heterocycles. The predicted octanol–water partition coefficient (Wildman–Crippen LogP) is 2.82. The second-order valence-electron chi connectivity index (χ2n) is 5.49. The fraction of sp³-hybridized carbons (Fsp3) is 0.412. The second kappa shape index (κ2) is 10.8. The van der Waals surface area contributed by atoms with Gasteiger partial charge in [-0.05, 0) is 31.2 Å². The molecular formula is C17H20ClF3N2O4. The Morgan fingerprint density at radius 1 is 1.19 bits per heavy atom. The number of hydrogen-bond donors (Lipinski definition) is 2.